The third-order valence-corrected chi connectivity index (χ3v) is 2.65. The molecule has 0 saturated carbocycles. The van der Waals surface area contributed by atoms with Crippen molar-refractivity contribution in [1.29, 1.82) is 0 Å². The van der Waals surface area contributed by atoms with Crippen LogP contribution in [-0.2, 0) is 4.74 Å². The Labute approximate surface area is 108 Å². The Kier molecular flexibility index (Phi) is 6.25. The quantitative estimate of drug-likeness (QED) is 0.785. The van der Waals surface area contributed by atoms with E-state index in [-0.39, 0.29) is 24.6 Å². The normalized spacial score (nSPS) is 14.8. The first kappa shape index (κ1) is 15.1. The number of ether oxygens (including phenoxy) is 1. The van der Waals surface area contributed by atoms with E-state index in [1.165, 1.54) is 6.07 Å². The van der Waals surface area contributed by atoms with E-state index in [0.29, 0.717) is 12.1 Å². The van der Waals surface area contributed by atoms with Gasteiger partial charge in [0.05, 0.1) is 18.8 Å². The van der Waals surface area contributed by atoms with Gasteiger partial charge in [-0.05, 0) is 26.8 Å². The van der Waals surface area contributed by atoms with Gasteiger partial charge < -0.3 is 15.2 Å². The summed E-state index contributed by atoms with van der Waals surface area (Å²) in [5.41, 5.74) is 0.606. The molecule has 2 unspecified atom stereocenters. The molecular formula is C14H22FNO2. The highest BCUT2D eigenvalue weighted by molar-refractivity contribution is 5.20. The van der Waals surface area contributed by atoms with Crippen LogP contribution in [-0.4, -0.2) is 30.5 Å². The molecule has 4 heteroatoms. The fraction of sp³-hybridized carbons (Fsp3) is 0.571. The van der Waals surface area contributed by atoms with E-state index in [2.05, 4.69) is 5.32 Å². The number of aliphatic hydroxyl groups excluding tert-OH is 1. The molecule has 0 saturated heterocycles. The van der Waals surface area contributed by atoms with Crippen LogP contribution in [0.2, 0.25) is 0 Å². The second-order valence-corrected chi connectivity index (χ2v) is 4.69. The SMILES string of the molecule is CC(C)OCC(O)CNC(C)c1ccccc1F. The summed E-state index contributed by atoms with van der Waals surface area (Å²) < 4.78 is 18.8. The van der Waals surface area contributed by atoms with Crippen LogP contribution < -0.4 is 5.32 Å². The minimum atomic E-state index is -0.582. The molecule has 0 bridgehead atoms. The van der Waals surface area contributed by atoms with Gasteiger partial charge in [0.25, 0.3) is 0 Å². The second-order valence-electron chi connectivity index (χ2n) is 4.69. The van der Waals surface area contributed by atoms with Crippen LogP contribution in [0.15, 0.2) is 24.3 Å². The highest BCUT2D eigenvalue weighted by Gasteiger charge is 2.12. The fourth-order valence-corrected chi connectivity index (χ4v) is 1.61. The molecule has 3 nitrogen and oxygen atoms in total. The molecule has 0 amide bonds. The van der Waals surface area contributed by atoms with Crippen molar-refractivity contribution in [2.45, 2.75) is 39.0 Å². The van der Waals surface area contributed by atoms with E-state index in [4.69, 9.17) is 4.74 Å². The van der Waals surface area contributed by atoms with E-state index in [0.717, 1.165) is 0 Å². The average Bonchev–Trinajstić information content (AvgIpc) is 2.34. The number of nitrogens with one attached hydrogen (secondary N) is 1. The molecule has 0 aliphatic carbocycles. The van der Waals surface area contributed by atoms with Gasteiger partial charge in [0.1, 0.15) is 5.82 Å². The van der Waals surface area contributed by atoms with Crippen molar-refractivity contribution >= 4 is 0 Å². The van der Waals surface area contributed by atoms with Crippen molar-refractivity contribution in [3.8, 4) is 0 Å². The zero-order valence-electron chi connectivity index (χ0n) is 11.2. The lowest BCUT2D eigenvalue weighted by Gasteiger charge is -2.18. The van der Waals surface area contributed by atoms with Crippen molar-refractivity contribution < 1.29 is 14.2 Å². The third kappa shape index (κ3) is 5.12. The molecule has 1 rings (SSSR count). The second kappa shape index (κ2) is 7.46. The smallest absolute Gasteiger partial charge is 0.127 e. The first-order valence-electron chi connectivity index (χ1n) is 6.28. The summed E-state index contributed by atoms with van der Waals surface area (Å²) in [6, 6.07) is 6.50. The summed E-state index contributed by atoms with van der Waals surface area (Å²) in [6.45, 7) is 6.37. The topological polar surface area (TPSA) is 41.5 Å². The van der Waals surface area contributed by atoms with Gasteiger partial charge in [-0.15, -0.1) is 0 Å². The van der Waals surface area contributed by atoms with Crippen LogP contribution in [0.4, 0.5) is 4.39 Å². The van der Waals surface area contributed by atoms with Gasteiger partial charge in [-0.25, -0.2) is 4.39 Å². The van der Waals surface area contributed by atoms with Gasteiger partial charge >= 0.3 is 0 Å². The lowest BCUT2D eigenvalue weighted by atomic mass is 10.1. The molecule has 2 atom stereocenters. The highest BCUT2D eigenvalue weighted by atomic mass is 19.1. The molecule has 102 valence electrons. The minimum absolute atomic E-state index is 0.101. The van der Waals surface area contributed by atoms with Gasteiger partial charge in [-0.3, -0.25) is 0 Å². The molecule has 0 heterocycles. The maximum Gasteiger partial charge on any atom is 0.127 e. The van der Waals surface area contributed by atoms with Crippen LogP contribution in [0.5, 0.6) is 0 Å². The number of rotatable bonds is 7. The lowest BCUT2D eigenvalue weighted by molar-refractivity contribution is 0.00557. The van der Waals surface area contributed by atoms with Crippen molar-refractivity contribution in [3.63, 3.8) is 0 Å². The molecular weight excluding hydrogens is 233 g/mol. The summed E-state index contributed by atoms with van der Waals surface area (Å²) in [5.74, 6) is -0.231. The van der Waals surface area contributed by atoms with Gasteiger partial charge in [-0.1, -0.05) is 18.2 Å². The fourth-order valence-electron chi connectivity index (χ4n) is 1.61. The number of hydrogen-bond donors (Lipinski definition) is 2. The molecule has 0 fully saturated rings. The summed E-state index contributed by atoms with van der Waals surface area (Å²) in [6.07, 6.45) is -0.481. The molecule has 1 aromatic rings. The summed E-state index contributed by atoms with van der Waals surface area (Å²) in [5, 5.41) is 12.8. The van der Waals surface area contributed by atoms with E-state index in [9.17, 15) is 9.50 Å². The standard InChI is InChI=1S/C14H22FNO2/c1-10(2)18-9-12(17)8-16-11(3)13-6-4-5-7-14(13)15/h4-7,10-12,16-17H,8-9H2,1-3H3. The maximum absolute atomic E-state index is 13.5. The Bertz CT molecular complexity index is 357. The number of aliphatic hydroxyl groups is 1. The van der Waals surface area contributed by atoms with Gasteiger partial charge in [0.2, 0.25) is 0 Å². The monoisotopic (exact) mass is 255 g/mol. The molecule has 0 spiro atoms. The van der Waals surface area contributed by atoms with Crippen molar-refractivity contribution in [2.24, 2.45) is 0 Å². The molecule has 0 aliphatic rings. The Morgan fingerprint density at radius 1 is 1.28 bits per heavy atom. The molecule has 0 aliphatic heterocycles. The Balaban J connectivity index is 2.37. The van der Waals surface area contributed by atoms with E-state index in [1.807, 2.05) is 20.8 Å². The van der Waals surface area contributed by atoms with Crippen LogP contribution in [0.1, 0.15) is 32.4 Å². The van der Waals surface area contributed by atoms with Crippen LogP contribution in [0, 0.1) is 5.82 Å². The van der Waals surface area contributed by atoms with E-state index < -0.39 is 6.10 Å². The molecule has 1 aromatic carbocycles. The predicted octanol–water partition coefficient (Wildman–Crippen LogP) is 2.26. The van der Waals surface area contributed by atoms with Crippen LogP contribution in [0.3, 0.4) is 0 Å². The van der Waals surface area contributed by atoms with Crippen LogP contribution in [0.25, 0.3) is 0 Å². The predicted molar refractivity (Wildman–Crippen MR) is 69.9 cm³/mol. The zero-order valence-corrected chi connectivity index (χ0v) is 11.2. The van der Waals surface area contributed by atoms with E-state index >= 15 is 0 Å². The average molecular weight is 255 g/mol. The first-order chi connectivity index (χ1) is 8.50. The summed E-state index contributed by atoms with van der Waals surface area (Å²) in [7, 11) is 0. The Hall–Kier alpha value is -0.970. The first-order valence-corrected chi connectivity index (χ1v) is 6.28. The van der Waals surface area contributed by atoms with Gasteiger partial charge in [0.15, 0.2) is 0 Å². The zero-order chi connectivity index (χ0) is 13.5. The minimum Gasteiger partial charge on any atom is -0.389 e. The number of halogens is 1. The summed E-state index contributed by atoms with van der Waals surface area (Å²) >= 11 is 0. The van der Waals surface area contributed by atoms with E-state index in [1.54, 1.807) is 18.2 Å². The molecule has 0 aromatic heterocycles. The van der Waals surface area contributed by atoms with Crippen molar-refractivity contribution in [2.75, 3.05) is 13.2 Å². The third-order valence-electron chi connectivity index (χ3n) is 2.65. The molecule has 2 N–H and O–H groups in total. The Morgan fingerprint density at radius 2 is 1.94 bits per heavy atom. The summed E-state index contributed by atoms with van der Waals surface area (Å²) in [4.78, 5) is 0. The lowest BCUT2D eigenvalue weighted by Crippen LogP contribution is -2.33. The van der Waals surface area contributed by atoms with Crippen molar-refractivity contribution in [3.05, 3.63) is 35.6 Å². The Morgan fingerprint density at radius 3 is 2.56 bits per heavy atom. The highest BCUT2D eigenvalue weighted by Crippen LogP contribution is 2.15. The largest absolute Gasteiger partial charge is 0.389 e. The number of benzene rings is 1. The van der Waals surface area contributed by atoms with Gasteiger partial charge in [0, 0.05) is 18.2 Å². The number of hydrogen-bond acceptors (Lipinski definition) is 3. The van der Waals surface area contributed by atoms with Crippen molar-refractivity contribution in [1.82, 2.24) is 5.32 Å². The van der Waals surface area contributed by atoms with Crippen LogP contribution >= 0.6 is 0 Å². The maximum atomic E-state index is 13.5. The van der Waals surface area contributed by atoms with Gasteiger partial charge in [-0.2, -0.15) is 0 Å². The molecule has 0 radical (unpaired) electrons. The molecule has 18 heavy (non-hydrogen) atoms.